The van der Waals surface area contributed by atoms with Crippen molar-refractivity contribution in [2.75, 3.05) is 0 Å². The van der Waals surface area contributed by atoms with Gasteiger partial charge in [0, 0.05) is 12.1 Å². The molecule has 1 atom stereocenters. The number of non-ortho nitro benzene ring substituents is 1. The molecule has 1 unspecified atom stereocenters. The van der Waals surface area contributed by atoms with Crippen LogP contribution >= 0.6 is 0 Å². The van der Waals surface area contributed by atoms with E-state index in [1.165, 1.54) is 12.1 Å². The summed E-state index contributed by atoms with van der Waals surface area (Å²) < 4.78 is 12.9. The maximum absolute atomic E-state index is 12.9. The molecule has 1 aromatic carbocycles. The highest BCUT2D eigenvalue weighted by Gasteiger charge is 2.10. The Balaban J connectivity index is 3.01. The third-order valence-electron chi connectivity index (χ3n) is 1.71. The smallest absolute Gasteiger partial charge is 0.272 e. The molecule has 14 heavy (non-hydrogen) atoms. The van der Waals surface area contributed by atoms with Gasteiger partial charge in [-0.3, -0.25) is 10.1 Å². The van der Waals surface area contributed by atoms with Crippen LogP contribution in [0.3, 0.4) is 0 Å². The predicted molar refractivity (Wildman–Crippen MR) is 50.4 cm³/mol. The van der Waals surface area contributed by atoms with E-state index in [9.17, 15) is 14.5 Å². The Hall–Kier alpha value is -1.49. The molecular weight excluding hydrogens is 187 g/mol. The quantitative estimate of drug-likeness (QED) is 0.592. The van der Waals surface area contributed by atoms with E-state index in [0.29, 0.717) is 12.0 Å². The van der Waals surface area contributed by atoms with Crippen LogP contribution in [0.15, 0.2) is 18.2 Å². The van der Waals surface area contributed by atoms with Crippen molar-refractivity contribution in [2.45, 2.75) is 19.4 Å². The van der Waals surface area contributed by atoms with Crippen LogP contribution in [-0.4, -0.2) is 11.0 Å². The highest BCUT2D eigenvalue weighted by Crippen LogP contribution is 2.17. The summed E-state index contributed by atoms with van der Waals surface area (Å²) in [6.07, 6.45) is 0.429. The van der Waals surface area contributed by atoms with Crippen molar-refractivity contribution in [3.8, 4) is 0 Å². The molecule has 76 valence electrons. The molecule has 0 saturated heterocycles. The van der Waals surface area contributed by atoms with Crippen molar-refractivity contribution in [3.05, 3.63) is 39.7 Å². The average molecular weight is 198 g/mol. The van der Waals surface area contributed by atoms with E-state index in [4.69, 9.17) is 5.73 Å². The maximum Gasteiger partial charge on any atom is 0.272 e. The van der Waals surface area contributed by atoms with Crippen LogP contribution in [0.4, 0.5) is 10.1 Å². The first kappa shape index (κ1) is 10.6. The van der Waals surface area contributed by atoms with Crippen molar-refractivity contribution >= 4 is 5.69 Å². The highest BCUT2D eigenvalue weighted by atomic mass is 19.1. The van der Waals surface area contributed by atoms with Crippen LogP contribution in [0.1, 0.15) is 12.5 Å². The lowest BCUT2D eigenvalue weighted by Gasteiger charge is -2.04. The van der Waals surface area contributed by atoms with Crippen LogP contribution in [0.5, 0.6) is 0 Å². The molecule has 1 aromatic rings. The molecule has 0 aliphatic carbocycles. The Kier molecular flexibility index (Phi) is 3.14. The van der Waals surface area contributed by atoms with Gasteiger partial charge in [0.15, 0.2) is 0 Å². The summed E-state index contributed by atoms with van der Waals surface area (Å²) in [7, 11) is 0. The van der Waals surface area contributed by atoms with Crippen molar-refractivity contribution in [3.63, 3.8) is 0 Å². The average Bonchev–Trinajstić information content (AvgIpc) is 2.01. The number of rotatable bonds is 3. The van der Waals surface area contributed by atoms with Crippen molar-refractivity contribution in [2.24, 2.45) is 5.73 Å². The van der Waals surface area contributed by atoms with Crippen molar-refractivity contribution < 1.29 is 9.31 Å². The molecule has 2 N–H and O–H groups in total. The van der Waals surface area contributed by atoms with Gasteiger partial charge in [0.1, 0.15) is 5.82 Å². The van der Waals surface area contributed by atoms with Crippen molar-refractivity contribution in [1.82, 2.24) is 0 Å². The van der Waals surface area contributed by atoms with E-state index in [2.05, 4.69) is 0 Å². The molecule has 0 radical (unpaired) electrons. The second-order valence-electron chi connectivity index (χ2n) is 3.26. The molecule has 4 nitrogen and oxygen atoms in total. The molecule has 0 aliphatic rings. The second kappa shape index (κ2) is 4.15. The summed E-state index contributed by atoms with van der Waals surface area (Å²) in [5, 5.41) is 10.4. The summed E-state index contributed by atoms with van der Waals surface area (Å²) in [5.74, 6) is -0.602. The summed E-state index contributed by atoms with van der Waals surface area (Å²) in [6.45, 7) is 1.76. The molecule has 0 amide bonds. The largest absolute Gasteiger partial charge is 0.328 e. The molecule has 0 saturated carbocycles. The van der Waals surface area contributed by atoms with E-state index >= 15 is 0 Å². The van der Waals surface area contributed by atoms with Gasteiger partial charge in [-0.05, 0) is 25.0 Å². The number of nitro benzene ring substituents is 1. The van der Waals surface area contributed by atoms with Gasteiger partial charge in [0.2, 0.25) is 0 Å². The van der Waals surface area contributed by atoms with Crippen LogP contribution in [-0.2, 0) is 6.42 Å². The van der Waals surface area contributed by atoms with Gasteiger partial charge < -0.3 is 5.73 Å². The Morgan fingerprint density at radius 1 is 1.57 bits per heavy atom. The zero-order valence-corrected chi connectivity index (χ0v) is 7.74. The third-order valence-corrected chi connectivity index (χ3v) is 1.71. The fraction of sp³-hybridized carbons (Fsp3) is 0.333. The second-order valence-corrected chi connectivity index (χ2v) is 3.26. The van der Waals surface area contributed by atoms with Crippen molar-refractivity contribution in [1.29, 1.82) is 0 Å². The Bertz CT molecular complexity index is 353. The number of nitrogens with zero attached hydrogens (tertiary/aromatic N) is 1. The lowest BCUT2D eigenvalue weighted by atomic mass is 10.1. The highest BCUT2D eigenvalue weighted by molar-refractivity contribution is 5.35. The normalized spacial score (nSPS) is 12.5. The van der Waals surface area contributed by atoms with Crippen LogP contribution in [0.25, 0.3) is 0 Å². The van der Waals surface area contributed by atoms with Crippen LogP contribution in [0, 0.1) is 15.9 Å². The third kappa shape index (κ3) is 2.77. The molecule has 0 aliphatic heterocycles. The van der Waals surface area contributed by atoms with Gasteiger partial charge >= 0.3 is 0 Å². The van der Waals surface area contributed by atoms with E-state index in [0.717, 1.165) is 6.07 Å². The van der Waals surface area contributed by atoms with Crippen LogP contribution < -0.4 is 5.73 Å². The molecule has 0 aromatic heterocycles. The summed E-state index contributed by atoms with van der Waals surface area (Å²) in [4.78, 5) is 9.78. The molecule has 0 heterocycles. The summed E-state index contributed by atoms with van der Waals surface area (Å²) >= 11 is 0. The number of hydrogen-bond acceptors (Lipinski definition) is 3. The fourth-order valence-electron chi connectivity index (χ4n) is 1.23. The minimum atomic E-state index is -0.617. The number of halogens is 1. The van der Waals surface area contributed by atoms with E-state index in [1.54, 1.807) is 6.92 Å². The minimum absolute atomic E-state index is 0.142. The monoisotopic (exact) mass is 198 g/mol. The maximum atomic E-state index is 12.9. The molecule has 5 heteroatoms. The Morgan fingerprint density at radius 3 is 2.71 bits per heavy atom. The topological polar surface area (TPSA) is 69.2 Å². The first-order valence-electron chi connectivity index (χ1n) is 4.18. The molecule has 0 spiro atoms. The van der Waals surface area contributed by atoms with Gasteiger partial charge in [-0.1, -0.05) is 0 Å². The Morgan fingerprint density at radius 2 is 2.21 bits per heavy atom. The minimum Gasteiger partial charge on any atom is -0.328 e. The Labute approximate surface area is 80.7 Å². The molecule has 0 bridgehead atoms. The fourth-order valence-corrected chi connectivity index (χ4v) is 1.23. The molecule has 1 rings (SSSR count). The van der Waals surface area contributed by atoms with Gasteiger partial charge in [-0.2, -0.15) is 0 Å². The number of hydrogen-bond donors (Lipinski definition) is 1. The van der Waals surface area contributed by atoms with Crippen LogP contribution in [0.2, 0.25) is 0 Å². The lowest BCUT2D eigenvalue weighted by molar-refractivity contribution is -0.385. The van der Waals surface area contributed by atoms with E-state index in [1.807, 2.05) is 0 Å². The predicted octanol–water partition coefficient (Wildman–Crippen LogP) is 1.62. The van der Waals surface area contributed by atoms with Gasteiger partial charge in [-0.15, -0.1) is 0 Å². The van der Waals surface area contributed by atoms with Gasteiger partial charge in [-0.25, -0.2) is 4.39 Å². The van der Waals surface area contributed by atoms with E-state index in [-0.39, 0.29) is 11.7 Å². The first-order chi connectivity index (χ1) is 6.49. The number of benzene rings is 1. The summed E-state index contributed by atoms with van der Waals surface area (Å²) in [5.41, 5.74) is 5.82. The zero-order chi connectivity index (χ0) is 10.7. The first-order valence-corrected chi connectivity index (χ1v) is 4.18. The standard InChI is InChI=1S/C9H11FN2O2/c1-6(11)2-7-3-8(10)5-9(4-7)12(13)14/h3-6H,2,11H2,1H3. The zero-order valence-electron chi connectivity index (χ0n) is 7.74. The van der Waals surface area contributed by atoms with E-state index < -0.39 is 10.7 Å². The molecule has 0 fully saturated rings. The summed E-state index contributed by atoms with van der Waals surface area (Å²) in [6, 6.07) is 3.35. The number of nitro groups is 1. The molecular formula is C9H11FN2O2. The van der Waals surface area contributed by atoms with Gasteiger partial charge in [0.05, 0.1) is 11.0 Å². The van der Waals surface area contributed by atoms with Gasteiger partial charge in [0.25, 0.3) is 5.69 Å². The lowest BCUT2D eigenvalue weighted by Crippen LogP contribution is -2.17. The number of nitrogens with two attached hydrogens (primary N) is 1. The SMILES string of the molecule is CC(N)Cc1cc(F)cc([N+](=O)[O-])c1.